The number of carboxylic acid groups (broad SMARTS) is 1. The maximum absolute atomic E-state index is 10.8. The van der Waals surface area contributed by atoms with Gasteiger partial charge in [0.05, 0.1) is 5.60 Å². The van der Waals surface area contributed by atoms with Crippen LogP contribution in [0.3, 0.4) is 0 Å². The molecule has 0 saturated heterocycles. The standard InChI is InChI=1S/C9H18O3S/c1-6(2)7(8(10)11)13-5-9(3,4)12/h6-7,12H,5H2,1-4H3,(H,10,11). The smallest absolute Gasteiger partial charge is 0.316 e. The number of aliphatic carboxylic acids is 1. The fraction of sp³-hybridized carbons (Fsp3) is 0.889. The zero-order valence-corrected chi connectivity index (χ0v) is 9.39. The minimum Gasteiger partial charge on any atom is -0.480 e. The number of hydrogen-bond donors (Lipinski definition) is 2. The van der Waals surface area contributed by atoms with Crippen LogP contribution in [0.1, 0.15) is 27.7 Å². The normalized spacial score (nSPS) is 14.6. The third kappa shape index (κ3) is 5.93. The Labute approximate surface area is 83.5 Å². The summed E-state index contributed by atoms with van der Waals surface area (Å²) < 4.78 is 0. The zero-order valence-electron chi connectivity index (χ0n) is 8.57. The molecule has 0 fully saturated rings. The second kappa shape index (κ2) is 4.86. The van der Waals surface area contributed by atoms with Crippen LogP contribution in [-0.4, -0.2) is 32.8 Å². The van der Waals surface area contributed by atoms with Crippen LogP contribution in [0.4, 0.5) is 0 Å². The maximum atomic E-state index is 10.8. The van der Waals surface area contributed by atoms with Gasteiger partial charge in [0.2, 0.25) is 0 Å². The monoisotopic (exact) mass is 206 g/mol. The maximum Gasteiger partial charge on any atom is 0.316 e. The van der Waals surface area contributed by atoms with E-state index < -0.39 is 16.8 Å². The van der Waals surface area contributed by atoms with Crippen LogP contribution in [0.2, 0.25) is 0 Å². The molecule has 0 saturated carbocycles. The molecule has 2 N–H and O–H groups in total. The Bertz CT molecular complexity index is 172. The highest BCUT2D eigenvalue weighted by atomic mass is 32.2. The number of carboxylic acids is 1. The highest BCUT2D eigenvalue weighted by Gasteiger charge is 2.24. The van der Waals surface area contributed by atoms with E-state index in [2.05, 4.69) is 0 Å². The van der Waals surface area contributed by atoms with Crippen molar-refractivity contribution in [3.8, 4) is 0 Å². The Balaban J connectivity index is 4.06. The molecule has 0 heterocycles. The summed E-state index contributed by atoms with van der Waals surface area (Å²) in [6.07, 6.45) is 0. The van der Waals surface area contributed by atoms with E-state index in [0.717, 1.165) is 0 Å². The van der Waals surface area contributed by atoms with Crippen molar-refractivity contribution >= 4 is 17.7 Å². The molecule has 4 heteroatoms. The summed E-state index contributed by atoms with van der Waals surface area (Å²) in [6.45, 7) is 7.10. The molecule has 13 heavy (non-hydrogen) atoms. The summed E-state index contributed by atoms with van der Waals surface area (Å²) in [5.41, 5.74) is -0.798. The van der Waals surface area contributed by atoms with Crippen LogP contribution in [-0.2, 0) is 4.79 Å². The van der Waals surface area contributed by atoms with Crippen molar-refractivity contribution in [2.75, 3.05) is 5.75 Å². The van der Waals surface area contributed by atoms with Gasteiger partial charge in [0.25, 0.3) is 0 Å². The number of hydrogen-bond acceptors (Lipinski definition) is 3. The van der Waals surface area contributed by atoms with Gasteiger partial charge in [-0.1, -0.05) is 13.8 Å². The molecule has 0 aliphatic carbocycles. The molecular formula is C9H18O3S. The van der Waals surface area contributed by atoms with Crippen LogP contribution >= 0.6 is 11.8 Å². The topological polar surface area (TPSA) is 57.5 Å². The lowest BCUT2D eigenvalue weighted by atomic mass is 10.1. The minimum atomic E-state index is -0.802. The van der Waals surface area contributed by atoms with Crippen LogP contribution in [0.5, 0.6) is 0 Å². The van der Waals surface area contributed by atoms with E-state index in [1.807, 2.05) is 13.8 Å². The highest BCUT2D eigenvalue weighted by molar-refractivity contribution is 8.00. The predicted molar refractivity (Wildman–Crippen MR) is 55.0 cm³/mol. The Morgan fingerprint density at radius 3 is 2.15 bits per heavy atom. The number of carbonyl (C=O) groups is 1. The summed E-state index contributed by atoms with van der Waals surface area (Å²) in [6, 6.07) is 0. The number of thioether (sulfide) groups is 1. The number of aliphatic hydroxyl groups is 1. The largest absolute Gasteiger partial charge is 0.480 e. The van der Waals surface area contributed by atoms with Gasteiger partial charge < -0.3 is 10.2 Å². The molecule has 0 bridgehead atoms. The lowest BCUT2D eigenvalue weighted by Crippen LogP contribution is -2.29. The van der Waals surface area contributed by atoms with Crippen molar-refractivity contribution in [2.24, 2.45) is 5.92 Å². The van der Waals surface area contributed by atoms with Gasteiger partial charge in [-0.25, -0.2) is 0 Å². The summed E-state index contributed by atoms with van der Waals surface area (Å²) in [5.74, 6) is -0.267. The Morgan fingerprint density at radius 1 is 1.46 bits per heavy atom. The quantitative estimate of drug-likeness (QED) is 0.717. The molecule has 1 unspecified atom stereocenters. The van der Waals surface area contributed by atoms with Gasteiger partial charge in [0.1, 0.15) is 5.25 Å². The summed E-state index contributed by atoms with van der Waals surface area (Å²) in [5, 5.41) is 17.8. The first-order valence-electron chi connectivity index (χ1n) is 4.31. The lowest BCUT2D eigenvalue weighted by Gasteiger charge is -2.21. The van der Waals surface area contributed by atoms with E-state index in [4.69, 9.17) is 5.11 Å². The van der Waals surface area contributed by atoms with Gasteiger partial charge in [-0.3, -0.25) is 4.79 Å². The van der Waals surface area contributed by atoms with Crippen molar-refractivity contribution in [3.63, 3.8) is 0 Å². The van der Waals surface area contributed by atoms with Crippen LogP contribution in [0.25, 0.3) is 0 Å². The summed E-state index contributed by atoms with van der Waals surface area (Å²) in [4.78, 5) is 10.8. The van der Waals surface area contributed by atoms with Crippen molar-refractivity contribution in [2.45, 2.75) is 38.5 Å². The zero-order chi connectivity index (χ0) is 10.6. The molecule has 3 nitrogen and oxygen atoms in total. The minimum absolute atomic E-state index is 0.0878. The van der Waals surface area contributed by atoms with Gasteiger partial charge in [-0.15, -0.1) is 11.8 Å². The Kier molecular flexibility index (Phi) is 4.78. The van der Waals surface area contributed by atoms with Gasteiger partial charge in [-0.2, -0.15) is 0 Å². The Morgan fingerprint density at radius 2 is 1.92 bits per heavy atom. The van der Waals surface area contributed by atoms with E-state index in [1.54, 1.807) is 13.8 Å². The molecule has 0 aromatic rings. The number of rotatable bonds is 5. The molecule has 0 aliphatic rings. The molecule has 0 amide bonds. The van der Waals surface area contributed by atoms with Gasteiger partial charge >= 0.3 is 5.97 Å². The molecule has 0 rings (SSSR count). The SMILES string of the molecule is CC(C)C(SCC(C)(C)O)C(=O)O. The highest BCUT2D eigenvalue weighted by Crippen LogP contribution is 2.23. The summed E-state index contributed by atoms with van der Waals surface area (Å²) in [7, 11) is 0. The third-order valence-corrected chi connectivity index (χ3v) is 3.44. The molecule has 0 aromatic heterocycles. The van der Waals surface area contributed by atoms with E-state index in [9.17, 15) is 9.90 Å². The molecule has 0 aromatic carbocycles. The lowest BCUT2D eigenvalue weighted by molar-refractivity contribution is -0.137. The van der Waals surface area contributed by atoms with Crippen molar-refractivity contribution in [3.05, 3.63) is 0 Å². The fourth-order valence-corrected chi connectivity index (χ4v) is 1.96. The second-order valence-electron chi connectivity index (χ2n) is 4.13. The van der Waals surface area contributed by atoms with Crippen molar-refractivity contribution in [1.29, 1.82) is 0 Å². The molecular weight excluding hydrogens is 188 g/mol. The predicted octanol–water partition coefficient (Wildman–Crippen LogP) is 1.60. The molecule has 78 valence electrons. The molecule has 1 atom stereocenters. The van der Waals surface area contributed by atoms with E-state index in [1.165, 1.54) is 11.8 Å². The van der Waals surface area contributed by atoms with Gasteiger partial charge in [0.15, 0.2) is 0 Å². The van der Waals surface area contributed by atoms with Crippen molar-refractivity contribution < 1.29 is 15.0 Å². The van der Waals surface area contributed by atoms with E-state index in [0.29, 0.717) is 5.75 Å². The molecule has 0 aliphatic heterocycles. The first-order valence-corrected chi connectivity index (χ1v) is 5.35. The van der Waals surface area contributed by atoms with Crippen LogP contribution in [0, 0.1) is 5.92 Å². The first kappa shape index (κ1) is 12.8. The second-order valence-corrected chi connectivity index (χ2v) is 5.26. The summed E-state index contributed by atoms with van der Waals surface area (Å²) >= 11 is 1.30. The van der Waals surface area contributed by atoms with E-state index >= 15 is 0 Å². The van der Waals surface area contributed by atoms with Crippen molar-refractivity contribution in [1.82, 2.24) is 0 Å². The van der Waals surface area contributed by atoms with Crippen LogP contribution in [0.15, 0.2) is 0 Å². The molecule has 0 radical (unpaired) electrons. The average Bonchev–Trinajstić information content (AvgIpc) is 1.82. The Hall–Kier alpha value is -0.220. The third-order valence-electron chi connectivity index (χ3n) is 1.47. The van der Waals surface area contributed by atoms with E-state index in [-0.39, 0.29) is 5.92 Å². The van der Waals surface area contributed by atoms with Gasteiger partial charge in [-0.05, 0) is 19.8 Å². The fourth-order valence-electron chi connectivity index (χ4n) is 0.843. The first-order chi connectivity index (χ1) is 5.74. The molecule has 0 spiro atoms. The van der Waals surface area contributed by atoms with Crippen LogP contribution < -0.4 is 0 Å². The van der Waals surface area contributed by atoms with Gasteiger partial charge in [0, 0.05) is 5.75 Å². The average molecular weight is 206 g/mol.